The lowest BCUT2D eigenvalue weighted by Gasteiger charge is -2.39. The minimum atomic E-state index is -0.108. The third-order valence-corrected chi connectivity index (χ3v) is 6.43. The number of carbonyl (C=O) groups is 1. The van der Waals surface area contributed by atoms with E-state index in [1.54, 1.807) is 6.07 Å². The lowest BCUT2D eigenvalue weighted by Crippen LogP contribution is -2.46. The van der Waals surface area contributed by atoms with Crippen LogP contribution in [0.15, 0.2) is 42.5 Å². The molecule has 1 saturated heterocycles. The van der Waals surface area contributed by atoms with E-state index < -0.39 is 0 Å². The van der Waals surface area contributed by atoms with Gasteiger partial charge < -0.3 is 10.2 Å². The molecule has 1 spiro atoms. The molecule has 1 N–H and O–H groups in total. The predicted octanol–water partition coefficient (Wildman–Crippen LogP) is 5.05. The molecule has 2 aliphatic heterocycles. The maximum absolute atomic E-state index is 13.1. The number of fused-ring (bicyclic) bond motifs is 2. The Morgan fingerprint density at radius 2 is 1.93 bits per heavy atom. The molecule has 4 nitrogen and oxygen atoms in total. The van der Waals surface area contributed by atoms with Crippen LogP contribution in [0.1, 0.15) is 30.9 Å². The smallest absolute Gasteiger partial charge is 0.306 e. The number of benzene rings is 2. The first-order valence-corrected chi connectivity index (χ1v) is 10.1. The molecule has 2 aliphatic rings. The molecule has 0 unspecified atom stereocenters. The maximum atomic E-state index is 13.1. The minimum absolute atomic E-state index is 0.0604. The number of para-hydroxylation sites is 1. The molecule has 4 rings (SSSR count). The summed E-state index contributed by atoms with van der Waals surface area (Å²) in [5.41, 5.74) is 4.33. The van der Waals surface area contributed by atoms with Crippen LogP contribution in [0.5, 0.6) is 0 Å². The van der Waals surface area contributed by atoms with Crippen molar-refractivity contribution in [3.8, 4) is 0 Å². The van der Waals surface area contributed by atoms with E-state index in [1.807, 2.05) is 23.1 Å². The van der Waals surface area contributed by atoms with E-state index >= 15 is 0 Å². The van der Waals surface area contributed by atoms with E-state index in [4.69, 9.17) is 11.6 Å². The average Bonchev–Trinajstić information content (AvgIpc) is 2.98. The number of nitrogens with one attached hydrogen (secondary N) is 1. The van der Waals surface area contributed by atoms with Gasteiger partial charge >= 0.3 is 6.03 Å². The van der Waals surface area contributed by atoms with Gasteiger partial charge in [-0.3, -0.25) is 4.90 Å². The van der Waals surface area contributed by atoms with Crippen molar-refractivity contribution in [1.82, 2.24) is 4.90 Å². The summed E-state index contributed by atoms with van der Waals surface area (Å²) < 4.78 is 0. The van der Waals surface area contributed by atoms with E-state index in [2.05, 4.69) is 42.3 Å². The van der Waals surface area contributed by atoms with Crippen molar-refractivity contribution in [3.05, 3.63) is 58.6 Å². The van der Waals surface area contributed by atoms with Gasteiger partial charge in [-0.1, -0.05) is 48.4 Å². The molecule has 0 atom stereocenters. The van der Waals surface area contributed by atoms with Crippen molar-refractivity contribution in [2.24, 2.45) is 0 Å². The average molecular weight is 384 g/mol. The number of halogens is 1. The molecule has 0 saturated carbocycles. The second kappa shape index (κ2) is 7.17. The quantitative estimate of drug-likeness (QED) is 0.787. The Morgan fingerprint density at radius 1 is 1.19 bits per heavy atom. The van der Waals surface area contributed by atoms with Crippen LogP contribution in [0.25, 0.3) is 0 Å². The largest absolute Gasteiger partial charge is 0.326 e. The zero-order chi connectivity index (χ0) is 19.0. The molecule has 1 fully saturated rings. The topological polar surface area (TPSA) is 35.6 Å². The Balaban J connectivity index is 1.64. The molecule has 27 heavy (non-hydrogen) atoms. The van der Waals surface area contributed by atoms with Crippen molar-refractivity contribution in [1.29, 1.82) is 0 Å². The van der Waals surface area contributed by atoms with Gasteiger partial charge in [0.25, 0.3) is 0 Å². The standard InChI is InChI=1S/C22H26ClN3O/c1-3-25-12-10-22(11-13-25)15-26(20-9-8-16(2)14-17(20)22)21(27)24-19-7-5-4-6-18(19)23/h4-9,14H,3,10-13,15H2,1-2H3,(H,24,27). The van der Waals surface area contributed by atoms with Crippen LogP contribution in [0, 0.1) is 6.92 Å². The summed E-state index contributed by atoms with van der Waals surface area (Å²) in [6.07, 6.45) is 2.18. The molecule has 0 aliphatic carbocycles. The summed E-state index contributed by atoms with van der Waals surface area (Å²) in [6, 6.07) is 13.7. The van der Waals surface area contributed by atoms with Gasteiger partial charge in [0.05, 0.1) is 10.7 Å². The summed E-state index contributed by atoms with van der Waals surface area (Å²) in [4.78, 5) is 17.5. The van der Waals surface area contributed by atoms with Crippen molar-refractivity contribution in [2.75, 3.05) is 36.4 Å². The summed E-state index contributed by atoms with van der Waals surface area (Å²) >= 11 is 6.23. The van der Waals surface area contributed by atoms with Crippen LogP contribution in [0.4, 0.5) is 16.2 Å². The van der Waals surface area contributed by atoms with Gasteiger partial charge in [-0.25, -0.2) is 4.79 Å². The number of hydrogen-bond acceptors (Lipinski definition) is 2. The summed E-state index contributed by atoms with van der Waals surface area (Å²) in [5, 5.41) is 3.55. The lowest BCUT2D eigenvalue weighted by atomic mass is 9.74. The number of amides is 2. The van der Waals surface area contributed by atoms with Gasteiger partial charge in [0.2, 0.25) is 0 Å². The van der Waals surface area contributed by atoms with Crippen LogP contribution < -0.4 is 10.2 Å². The van der Waals surface area contributed by atoms with Crippen LogP contribution in [0.2, 0.25) is 5.02 Å². The van der Waals surface area contributed by atoms with E-state index in [0.29, 0.717) is 10.7 Å². The number of likely N-dealkylation sites (tertiary alicyclic amines) is 1. The fraction of sp³-hybridized carbons (Fsp3) is 0.409. The third-order valence-electron chi connectivity index (χ3n) is 6.10. The fourth-order valence-electron chi connectivity index (χ4n) is 4.43. The lowest BCUT2D eigenvalue weighted by molar-refractivity contribution is 0.173. The molecule has 2 aromatic rings. The molecule has 2 heterocycles. The Morgan fingerprint density at radius 3 is 2.63 bits per heavy atom. The van der Waals surface area contributed by atoms with Gasteiger partial charge in [-0.05, 0) is 63.2 Å². The van der Waals surface area contributed by atoms with Crippen LogP contribution in [-0.4, -0.2) is 37.1 Å². The van der Waals surface area contributed by atoms with Crippen molar-refractivity contribution in [3.63, 3.8) is 0 Å². The molecule has 0 aromatic heterocycles. The van der Waals surface area contributed by atoms with Gasteiger partial charge in [-0.15, -0.1) is 0 Å². The maximum Gasteiger partial charge on any atom is 0.326 e. The van der Waals surface area contributed by atoms with E-state index in [1.165, 1.54) is 11.1 Å². The van der Waals surface area contributed by atoms with Crippen LogP contribution in [0.3, 0.4) is 0 Å². The summed E-state index contributed by atoms with van der Waals surface area (Å²) in [6.45, 7) is 8.34. The molecule has 2 aromatic carbocycles. The zero-order valence-electron chi connectivity index (χ0n) is 16.0. The highest BCUT2D eigenvalue weighted by Crippen LogP contribution is 2.47. The van der Waals surface area contributed by atoms with Gasteiger partial charge in [0, 0.05) is 17.6 Å². The Bertz CT molecular complexity index is 858. The Kier molecular flexibility index (Phi) is 4.87. The first-order chi connectivity index (χ1) is 13.0. The number of urea groups is 1. The first-order valence-electron chi connectivity index (χ1n) is 9.69. The normalized spacial score (nSPS) is 18.6. The second-order valence-electron chi connectivity index (χ2n) is 7.73. The first kappa shape index (κ1) is 18.3. The summed E-state index contributed by atoms with van der Waals surface area (Å²) in [7, 11) is 0. The van der Waals surface area contributed by atoms with Gasteiger partial charge in [0.1, 0.15) is 0 Å². The molecule has 5 heteroatoms. The van der Waals surface area contributed by atoms with Crippen molar-refractivity contribution < 1.29 is 4.79 Å². The van der Waals surface area contributed by atoms with Gasteiger partial charge in [-0.2, -0.15) is 0 Å². The predicted molar refractivity (Wildman–Crippen MR) is 112 cm³/mol. The SMILES string of the molecule is CCN1CCC2(CC1)CN(C(=O)Nc1ccccc1Cl)c1ccc(C)cc12. The Hall–Kier alpha value is -2.04. The van der Waals surface area contributed by atoms with Gasteiger partial charge in [0.15, 0.2) is 0 Å². The fourth-order valence-corrected chi connectivity index (χ4v) is 4.62. The number of carbonyl (C=O) groups excluding carboxylic acids is 1. The number of nitrogens with zero attached hydrogens (tertiary/aromatic N) is 2. The van der Waals surface area contributed by atoms with Crippen molar-refractivity contribution >= 4 is 29.0 Å². The van der Waals surface area contributed by atoms with Crippen LogP contribution in [-0.2, 0) is 5.41 Å². The van der Waals surface area contributed by atoms with Crippen molar-refractivity contribution in [2.45, 2.75) is 32.1 Å². The molecule has 0 radical (unpaired) electrons. The highest BCUT2D eigenvalue weighted by Gasteiger charge is 2.46. The third kappa shape index (κ3) is 3.32. The number of aryl methyl sites for hydroxylation is 1. The zero-order valence-corrected chi connectivity index (χ0v) is 16.7. The molecule has 142 valence electrons. The van der Waals surface area contributed by atoms with E-state index in [9.17, 15) is 4.79 Å². The molecular weight excluding hydrogens is 358 g/mol. The molecular formula is C22H26ClN3O. The number of rotatable bonds is 2. The Labute approximate surface area is 166 Å². The van der Waals surface area contributed by atoms with E-state index in [-0.39, 0.29) is 11.4 Å². The highest BCUT2D eigenvalue weighted by atomic mass is 35.5. The number of anilines is 2. The molecule has 2 amide bonds. The van der Waals surface area contributed by atoms with Crippen LogP contribution >= 0.6 is 11.6 Å². The number of piperidine rings is 1. The van der Waals surface area contributed by atoms with E-state index in [0.717, 1.165) is 44.7 Å². The number of hydrogen-bond donors (Lipinski definition) is 1. The molecule has 0 bridgehead atoms. The highest BCUT2D eigenvalue weighted by molar-refractivity contribution is 6.33. The second-order valence-corrected chi connectivity index (χ2v) is 8.14. The monoisotopic (exact) mass is 383 g/mol. The summed E-state index contributed by atoms with van der Waals surface area (Å²) in [5.74, 6) is 0. The minimum Gasteiger partial charge on any atom is -0.306 e.